The van der Waals surface area contributed by atoms with Crippen LogP contribution in [0.1, 0.15) is 58.9 Å². The number of piperidine rings is 1. The highest BCUT2D eigenvalue weighted by Gasteiger charge is 2.25. The average Bonchev–Trinajstić information content (AvgIpc) is 2.65. The fraction of sp³-hybridized carbons (Fsp3) is 0.652. The zero-order chi connectivity index (χ0) is 21.4. The normalized spacial score (nSPS) is 18.1. The number of para-hydroxylation sites is 1. The van der Waals surface area contributed by atoms with E-state index in [1.807, 2.05) is 50.8 Å². The molecule has 0 radical (unpaired) electrons. The Morgan fingerprint density at radius 3 is 2.69 bits per heavy atom. The van der Waals surface area contributed by atoms with E-state index in [1.165, 1.54) is 5.56 Å². The van der Waals surface area contributed by atoms with Crippen LogP contribution in [0.25, 0.3) is 0 Å². The molecule has 0 bridgehead atoms. The second-order valence-electron chi connectivity index (χ2n) is 8.95. The summed E-state index contributed by atoms with van der Waals surface area (Å²) in [5.74, 6) is 1.52. The minimum atomic E-state index is -0.524. The number of rotatable bonds is 7. The Morgan fingerprint density at radius 1 is 1.28 bits per heavy atom. The number of alkyl carbamates (subject to hydrolysis) is 1. The lowest BCUT2D eigenvalue weighted by Gasteiger charge is -2.33. The van der Waals surface area contributed by atoms with Crippen molar-refractivity contribution < 1.29 is 19.1 Å². The second-order valence-corrected chi connectivity index (χ2v) is 8.95. The smallest absolute Gasteiger partial charge is 0.407 e. The third-order valence-electron chi connectivity index (χ3n) is 5.13. The first-order valence-corrected chi connectivity index (χ1v) is 10.6. The highest BCUT2D eigenvalue weighted by Crippen LogP contribution is 2.26. The van der Waals surface area contributed by atoms with Crippen molar-refractivity contribution in [3.63, 3.8) is 0 Å². The van der Waals surface area contributed by atoms with Crippen LogP contribution in [0.3, 0.4) is 0 Å². The van der Waals surface area contributed by atoms with E-state index in [2.05, 4.69) is 11.4 Å². The fourth-order valence-corrected chi connectivity index (χ4v) is 3.72. The number of carbonyl (C=O) groups excluding carboxylic acids is 2. The molecule has 0 saturated carbocycles. The molecule has 1 aromatic rings. The van der Waals surface area contributed by atoms with Crippen LogP contribution in [0, 0.1) is 5.92 Å². The number of benzene rings is 1. The average molecular weight is 405 g/mol. The Kier molecular flexibility index (Phi) is 8.35. The highest BCUT2D eigenvalue weighted by molar-refractivity contribution is 5.76. The van der Waals surface area contributed by atoms with Gasteiger partial charge in [0.15, 0.2) is 0 Å². The third-order valence-corrected chi connectivity index (χ3v) is 5.13. The predicted molar refractivity (Wildman–Crippen MR) is 114 cm³/mol. The zero-order valence-corrected chi connectivity index (χ0v) is 18.5. The van der Waals surface area contributed by atoms with Gasteiger partial charge in [0, 0.05) is 25.6 Å². The molecule has 1 aliphatic rings. The van der Waals surface area contributed by atoms with Gasteiger partial charge in [-0.2, -0.15) is 0 Å². The molecule has 6 nitrogen and oxygen atoms in total. The minimum Gasteiger partial charge on any atom is -0.496 e. The van der Waals surface area contributed by atoms with Gasteiger partial charge >= 0.3 is 6.09 Å². The summed E-state index contributed by atoms with van der Waals surface area (Å²) in [6, 6.07) is 7.99. The molecule has 2 rings (SSSR count). The lowest BCUT2D eigenvalue weighted by Crippen LogP contribution is -2.42. The first-order chi connectivity index (χ1) is 13.7. The van der Waals surface area contributed by atoms with Crippen LogP contribution in [-0.4, -0.2) is 48.7 Å². The summed E-state index contributed by atoms with van der Waals surface area (Å²) in [6.07, 6.45) is 3.66. The number of methoxy groups -OCH3 is 1. The lowest BCUT2D eigenvalue weighted by molar-refractivity contribution is -0.133. The third kappa shape index (κ3) is 7.95. The Morgan fingerprint density at radius 2 is 2.00 bits per heavy atom. The van der Waals surface area contributed by atoms with Gasteiger partial charge in [0.2, 0.25) is 5.91 Å². The van der Waals surface area contributed by atoms with Crippen molar-refractivity contribution in [2.75, 3.05) is 20.2 Å². The first kappa shape index (κ1) is 23.0. The highest BCUT2D eigenvalue weighted by atomic mass is 16.6. The molecule has 1 saturated heterocycles. The quantitative estimate of drug-likeness (QED) is 0.741. The summed E-state index contributed by atoms with van der Waals surface area (Å²) in [6.45, 7) is 8.99. The summed E-state index contributed by atoms with van der Waals surface area (Å²) in [5.41, 5.74) is 0.675. The van der Waals surface area contributed by atoms with Crippen LogP contribution in [0.5, 0.6) is 5.75 Å². The summed E-state index contributed by atoms with van der Waals surface area (Å²) < 4.78 is 10.7. The van der Waals surface area contributed by atoms with E-state index in [0.29, 0.717) is 18.8 Å². The Balaban J connectivity index is 1.79. The van der Waals surface area contributed by atoms with Crippen LogP contribution in [0.4, 0.5) is 4.79 Å². The Bertz CT molecular complexity index is 684. The van der Waals surface area contributed by atoms with Crippen molar-refractivity contribution in [3.8, 4) is 5.75 Å². The number of ether oxygens (including phenoxy) is 2. The van der Waals surface area contributed by atoms with Crippen LogP contribution in [-0.2, 0) is 16.0 Å². The number of nitrogens with zero attached hydrogens (tertiary/aromatic N) is 1. The maximum Gasteiger partial charge on any atom is 0.407 e. The van der Waals surface area contributed by atoms with Crippen LogP contribution < -0.4 is 10.1 Å². The predicted octanol–water partition coefficient (Wildman–Crippen LogP) is 4.17. The molecule has 0 aliphatic carbocycles. The SMILES string of the molecule is COc1ccccc1C[C@H]1CCCN(C(=O)CC[C@@H](C)NC(=O)OC(C)(C)C)C1. The van der Waals surface area contributed by atoms with Crippen molar-refractivity contribution in [2.24, 2.45) is 5.92 Å². The molecule has 1 N–H and O–H groups in total. The van der Waals surface area contributed by atoms with Gasteiger partial charge in [0.05, 0.1) is 7.11 Å². The molecular formula is C23H36N2O4. The van der Waals surface area contributed by atoms with Gasteiger partial charge in [0.1, 0.15) is 11.4 Å². The van der Waals surface area contributed by atoms with Crippen molar-refractivity contribution in [3.05, 3.63) is 29.8 Å². The number of hydrogen-bond acceptors (Lipinski definition) is 4. The molecular weight excluding hydrogens is 368 g/mol. The first-order valence-electron chi connectivity index (χ1n) is 10.6. The van der Waals surface area contributed by atoms with Crippen molar-refractivity contribution in [1.82, 2.24) is 10.2 Å². The van der Waals surface area contributed by atoms with E-state index in [0.717, 1.165) is 38.1 Å². The van der Waals surface area contributed by atoms with E-state index in [1.54, 1.807) is 7.11 Å². The largest absolute Gasteiger partial charge is 0.496 e. The van der Waals surface area contributed by atoms with E-state index < -0.39 is 11.7 Å². The molecule has 0 spiro atoms. The van der Waals surface area contributed by atoms with Gasteiger partial charge in [-0.05, 0) is 70.9 Å². The number of carbonyl (C=O) groups is 2. The Labute approximate surface area is 174 Å². The molecule has 2 atom stereocenters. The number of likely N-dealkylation sites (tertiary alicyclic amines) is 1. The van der Waals surface area contributed by atoms with Gasteiger partial charge < -0.3 is 19.7 Å². The molecule has 162 valence electrons. The topological polar surface area (TPSA) is 67.9 Å². The minimum absolute atomic E-state index is 0.108. The molecule has 0 unspecified atom stereocenters. The second kappa shape index (κ2) is 10.5. The van der Waals surface area contributed by atoms with E-state index >= 15 is 0 Å². The lowest BCUT2D eigenvalue weighted by atomic mass is 9.90. The molecule has 1 heterocycles. The molecule has 29 heavy (non-hydrogen) atoms. The van der Waals surface area contributed by atoms with E-state index in [9.17, 15) is 9.59 Å². The molecule has 0 aromatic heterocycles. The number of nitrogens with one attached hydrogen (secondary N) is 1. The van der Waals surface area contributed by atoms with Crippen LogP contribution in [0.15, 0.2) is 24.3 Å². The Hall–Kier alpha value is -2.24. The summed E-state index contributed by atoms with van der Waals surface area (Å²) in [4.78, 5) is 26.5. The summed E-state index contributed by atoms with van der Waals surface area (Å²) in [7, 11) is 1.70. The van der Waals surface area contributed by atoms with Crippen molar-refractivity contribution >= 4 is 12.0 Å². The van der Waals surface area contributed by atoms with Gasteiger partial charge in [-0.3, -0.25) is 4.79 Å². The van der Waals surface area contributed by atoms with Crippen LogP contribution in [0.2, 0.25) is 0 Å². The fourth-order valence-electron chi connectivity index (χ4n) is 3.72. The van der Waals surface area contributed by atoms with Crippen LogP contribution >= 0.6 is 0 Å². The monoisotopic (exact) mass is 404 g/mol. The zero-order valence-electron chi connectivity index (χ0n) is 18.5. The van der Waals surface area contributed by atoms with E-state index in [4.69, 9.17) is 9.47 Å². The standard InChI is InChI=1S/C23H36N2O4/c1-17(24-22(27)29-23(2,3)4)12-13-21(26)25-14-8-9-18(16-25)15-19-10-6-7-11-20(19)28-5/h6-7,10-11,17-18H,8-9,12-16H2,1-5H3,(H,24,27)/t17-,18-/m1/s1. The maximum atomic E-state index is 12.7. The molecule has 1 aromatic carbocycles. The van der Waals surface area contributed by atoms with Gasteiger partial charge in [-0.1, -0.05) is 18.2 Å². The summed E-state index contributed by atoms with van der Waals surface area (Å²) in [5, 5.41) is 2.80. The number of amides is 2. The summed E-state index contributed by atoms with van der Waals surface area (Å²) >= 11 is 0. The van der Waals surface area contributed by atoms with Gasteiger partial charge in [0.25, 0.3) is 0 Å². The van der Waals surface area contributed by atoms with E-state index in [-0.39, 0.29) is 11.9 Å². The maximum absolute atomic E-state index is 12.7. The van der Waals surface area contributed by atoms with Gasteiger partial charge in [-0.25, -0.2) is 4.79 Å². The number of hydrogen-bond donors (Lipinski definition) is 1. The molecule has 6 heteroatoms. The molecule has 2 amide bonds. The van der Waals surface area contributed by atoms with Gasteiger partial charge in [-0.15, -0.1) is 0 Å². The van der Waals surface area contributed by atoms with Crippen molar-refractivity contribution in [2.45, 2.75) is 71.4 Å². The molecule has 1 fully saturated rings. The van der Waals surface area contributed by atoms with Crippen molar-refractivity contribution in [1.29, 1.82) is 0 Å². The molecule has 1 aliphatic heterocycles.